The normalized spacial score (nSPS) is 15.3. The van der Waals surface area contributed by atoms with Crippen molar-refractivity contribution in [1.29, 1.82) is 0 Å². The Labute approximate surface area is 153 Å². The van der Waals surface area contributed by atoms with Crippen LogP contribution < -0.4 is 4.74 Å². The largest absolute Gasteiger partial charge is 0.496 e. The number of amides is 1. The van der Waals surface area contributed by atoms with E-state index < -0.39 is 0 Å². The maximum atomic E-state index is 12.8. The van der Waals surface area contributed by atoms with Gasteiger partial charge in [-0.3, -0.25) is 4.79 Å². The third-order valence-electron chi connectivity index (χ3n) is 5.22. The van der Waals surface area contributed by atoms with Gasteiger partial charge in [0.05, 0.1) is 30.0 Å². The van der Waals surface area contributed by atoms with Crippen LogP contribution in [0.3, 0.4) is 0 Å². The highest BCUT2D eigenvalue weighted by Gasteiger charge is 2.25. The predicted molar refractivity (Wildman–Crippen MR) is 101 cm³/mol. The highest BCUT2D eigenvalue weighted by Crippen LogP contribution is 2.25. The van der Waals surface area contributed by atoms with Crippen LogP contribution in [0.5, 0.6) is 5.75 Å². The van der Waals surface area contributed by atoms with Crippen molar-refractivity contribution in [2.45, 2.75) is 19.4 Å². The number of carbonyl (C=O) groups is 1. The van der Waals surface area contributed by atoms with Gasteiger partial charge in [-0.15, -0.1) is 0 Å². The summed E-state index contributed by atoms with van der Waals surface area (Å²) in [5.41, 5.74) is 2.87. The van der Waals surface area contributed by atoms with Crippen LogP contribution in [-0.4, -0.2) is 40.6 Å². The average Bonchev–Trinajstić information content (AvgIpc) is 3.11. The molecule has 1 aliphatic heterocycles. The zero-order valence-corrected chi connectivity index (χ0v) is 15.0. The number of hydrogen-bond donors (Lipinski definition) is 0. The van der Waals surface area contributed by atoms with Gasteiger partial charge in [-0.05, 0) is 43.0 Å². The third-order valence-corrected chi connectivity index (χ3v) is 5.22. The highest BCUT2D eigenvalue weighted by atomic mass is 16.5. The average molecular weight is 349 g/mol. The first-order chi connectivity index (χ1) is 12.8. The third kappa shape index (κ3) is 3.17. The SMILES string of the molecule is COc1ccccc1C(=O)N1CCC(Cn2cnc3ccccc32)CC1. The molecule has 0 spiro atoms. The first kappa shape index (κ1) is 16.6. The molecule has 3 aromatic rings. The molecule has 1 amide bonds. The number of hydrogen-bond acceptors (Lipinski definition) is 3. The van der Waals surface area contributed by atoms with Crippen molar-refractivity contribution in [3.05, 3.63) is 60.4 Å². The number of nitrogens with zero attached hydrogens (tertiary/aromatic N) is 3. The number of carbonyl (C=O) groups excluding carboxylic acids is 1. The molecular weight excluding hydrogens is 326 g/mol. The molecule has 26 heavy (non-hydrogen) atoms. The van der Waals surface area contributed by atoms with Gasteiger partial charge in [0.2, 0.25) is 0 Å². The number of ether oxygens (including phenoxy) is 1. The highest BCUT2D eigenvalue weighted by molar-refractivity contribution is 5.97. The van der Waals surface area contributed by atoms with E-state index >= 15 is 0 Å². The lowest BCUT2D eigenvalue weighted by atomic mass is 9.96. The number of imidazole rings is 1. The van der Waals surface area contributed by atoms with Crippen LogP contribution in [0.4, 0.5) is 0 Å². The van der Waals surface area contributed by atoms with Gasteiger partial charge in [-0.1, -0.05) is 24.3 Å². The first-order valence-corrected chi connectivity index (χ1v) is 9.08. The number of likely N-dealkylation sites (tertiary alicyclic amines) is 1. The number of para-hydroxylation sites is 3. The van der Waals surface area contributed by atoms with E-state index in [1.165, 1.54) is 5.52 Å². The van der Waals surface area contributed by atoms with E-state index in [0.717, 1.165) is 38.0 Å². The Kier molecular flexibility index (Phi) is 4.61. The number of benzene rings is 2. The maximum Gasteiger partial charge on any atom is 0.257 e. The molecule has 0 N–H and O–H groups in total. The molecule has 5 heteroatoms. The monoisotopic (exact) mass is 349 g/mol. The Morgan fingerprint density at radius 3 is 2.65 bits per heavy atom. The summed E-state index contributed by atoms with van der Waals surface area (Å²) in [6.07, 6.45) is 3.94. The lowest BCUT2D eigenvalue weighted by Gasteiger charge is -2.32. The van der Waals surface area contributed by atoms with Crippen LogP contribution in [0.15, 0.2) is 54.9 Å². The molecule has 1 aliphatic rings. The fourth-order valence-electron chi connectivity index (χ4n) is 3.74. The van der Waals surface area contributed by atoms with Crippen molar-refractivity contribution in [2.24, 2.45) is 5.92 Å². The molecule has 0 unspecified atom stereocenters. The van der Waals surface area contributed by atoms with Gasteiger partial charge in [-0.25, -0.2) is 4.98 Å². The minimum absolute atomic E-state index is 0.0639. The quantitative estimate of drug-likeness (QED) is 0.723. The summed E-state index contributed by atoms with van der Waals surface area (Å²) in [7, 11) is 1.60. The summed E-state index contributed by atoms with van der Waals surface area (Å²) in [6, 6.07) is 15.7. The van der Waals surface area contributed by atoms with Crippen LogP contribution in [0.2, 0.25) is 0 Å². The fraction of sp³-hybridized carbons (Fsp3) is 0.333. The van der Waals surface area contributed by atoms with Crippen molar-refractivity contribution in [3.8, 4) is 5.75 Å². The predicted octanol–water partition coefficient (Wildman–Crippen LogP) is 3.60. The molecule has 2 aromatic carbocycles. The molecule has 0 saturated carbocycles. The molecule has 0 bridgehead atoms. The van der Waals surface area contributed by atoms with Crippen molar-refractivity contribution >= 4 is 16.9 Å². The second-order valence-electron chi connectivity index (χ2n) is 6.82. The van der Waals surface area contributed by atoms with Gasteiger partial charge in [0.15, 0.2) is 0 Å². The van der Waals surface area contributed by atoms with E-state index in [4.69, 9.17) is 4.74 Å². The van der Waals surface area contributed by atoms with Gasteiger partial charge in [0.25, 0.3) is 5.91 Å². The standard InChI is InChI=1S/C21H23N3O2/c1-26-20-9-5-2-6-17(20)21(25)23-12-10-16(11-13-23)14-24-15-22-18-7-3-4-8-19(18)24/h2-9,15-16H,10-14H2,1H3. The minimum Gasteiger partial charge on any atom is -0.496 e. The summed E-state index contributed by atoms with van der Waals surface area (Å²) in [5.74, 6) is 1.27. The van der Waals surface area contributed by atoms with Gasteiger partial charge >= 0.3 is 0 Å². The lowest BCUT2D eigenvalue weighted by molar-refractivity contribution is 0.0680. The summed E-state index contributed by atoms with van der Waals surface area (Å²) in [6.45, 7) is 2.53. The summed E-state index contributed by atoms with van der Waals surface area (Å²) < 4.78 is 7.57. The summed E-state index contributed by atoms with van der Waals surface area (Å²) >= 11 is 0. The van der Waals surface area contributed by atoms with Crippen LogP contribution in [0, 0.1) is 5.92 Å². The van der Waals surface area contributed by atoms with E-state index in [1.54, 1.807) is 7.11 Å². The zero-order chi connectivity index (χ0) is 17.9. The van der Waals surface area contributed by atoms with E-state index in [9.17, 15) is 4.79 Å². The maximum absolute atomic E-state index is 12.8. The minimum atomic E-state index is 0.0639. The molecule has 1 aromatic heterocycles. The van der Waals surface area contributed by atoms with Crippen molar-refractivity contribution in [1.82, 2.24) is 14.5 Å². The van der Waals surface area contributed by atoms with Crippen LogP contribution >= 0.6 is 0 Å². The topological polar surface area (TPSA) is 47.4 Å². The Balaban J connectivity index is 1.40. The molecule has 0 atom stereocenters. The van der Waals surface area contributed by atoms with Gasteiger partial charge in [0, 0.05) is 19.6 Å². The molecule has 0 aliphatic carbocycles. The molecule has 2 heterocycles. The molecule has 0 radical (unpaired) electrons. The molecule has 1 fully saturated rings. The second-order valence-corrected chi connectivity index (χ2v) is 6.82. The second kappa shape index (κ2) is 7.20. The van der Waals surface area contributed by atoms with Crippen molar-refractivity contribution in [3.63, 3.8) is 0 Å². The smallest absolute Gasteiger partial charge is 0.257 e. The van der Waals surface area contributed by atoms with Crippen molar-refractivity contribution in [2.75, 3.05) is 20.2 Å². The van der Waals surface area contributed by atoms with Crippen LogP contribution in [0.25, 0.3) is 11.0 Å². The van der Waals surface area contributed by atoms with E-state index in [2.05, 4.69) is 21.7 Å². The Morgan fingerprint density at radius 2 is 1.85 bits per heavy atom. The molecule has 4 rings (SSSR count). The van der Waals surface area contributed by atoms with Gasteiger partial charge in [0.1, 0.15) is 5.75 Å². The summed E-state index contributed by atoms with van der Waals surface area (Å²) in [5, 5.41) is 0. The first-order valence-electron chi connectivity index (χ1n) is 9.08. The Bertz CT molecular complexity index is 910. The lowest BCUT2D eigenvalue weighted by Crippen LogP contribution is -2.39. The Hall–Kier alpha value is -2.82. The van der Waals surface area contributed by atoms with Crippen LogP contribution in [-0.2, 0) is 6.54 Å². The van der Waals surface area contributed by atoms with Crippen molar-refractivity contribution < 1.29 is 9.53 Å². The number of rotatable bonds is 4. The molecular formula is C21H23N3O2. The van der Waals surface area contributed by atoms with Gasteiger partial charge < -0.3 is 14.2 Å². The summed E-state index contributed by atoms with van der Waals surface area (Å²) in [4.78, 5) is 19.2. The number of fused-ring (bicyclic) bond motifs is 1. The van der Waals surface area contributed by atoms with Gasteiger partial charge in [-0.2, -0.15) is 0 Å². The van der Waals surface area contributed by atoms with Crippen LogP contribution in [0.1, 0.15) is 23.2 Å². The van der Waals surface area contributed by atoms with E-state index in [1.807, 2.05) is 47.6 Å². The number of methoxy groups -OCH3 is 1. The molecule has 1 saturated heterocycles. The molecule has 5 nitrogen and oxygen atoms in total. The molecule has 134 valence electrons. The zero-order valence-electron chi connectivity index (χ0n) is 15.0. The fourth-order valence-corrected chi connectivity index (χ4v) is 3.74. The number of aromatic nitrogens is 2. The number of piperidine rings is 1. The Morgan fingerprint density at radius 1 is 1.12 bits per heavy atom. The van der Waals surface area contributed by atoms with E-state index in [-0.39, 0.29) is 5.91 Å². The van der Waals surface area contributed by atoms with E-state index in [0.29, 0.717) is 17.2 Å².